The molecule has 1 aliphatic rings. The Morgan fingerprint density at radius 3 is 2.17 bits per heavy atom. The molecule has 7 heteroatoms. The SMILES string of the molecule is COc1ccc([C@H]([C@H](O)C(=O)c2c[nH]c3ccccc23)[NH+]2CCN(c3ccc(OC)cc3)CC2)cc1. The summed E-state index contributed by atoms with van der Waals surface area (Å²) < 4.78 is 10.6. The fourth-order valence-electron chi connectivity index (χ4n) is 5.19. The highest BCUT2D eigenvalue weighted by molar-refractivity contribution is 6.10. The van der Waals surface area contributed by atoms with Gasteiger partial charge in [0.25, 0.3) is 0 Å². The highest BCUT2D eigenvalue weighted by Crippen LogP contribution is 2.25. The number of nitrogens with one attached hydrogen (secondary N) is 2. The number of quaternary nitrogens is 1. The standard InChI is InChI=1S/C29H31N3O4/c1-35-22-11-7-20(8-12-22)27(29(34)28(33)25-19-30-26-6-4-3-5-24(25)26)32-17-15-31(16-18-32)21-9-13-23(36-2)14-10-21/h3-14,19,27,29-30,34H,15-18H2,1-2H3/p+1/t27-,29+/m1/s1. The number of benzene rings is 3. The van der Waals surface area contributed by atoms with Gasteiger partial charge in [0.1, 0.15) is 17.5 Å². The van der Waals surface area contributed by atoms with Crippen molar-refractivity contribution in [2.24, 2.45) is 0 Å². The van der Waals surface area contributed by atoms with Gasteiger partial charge in [-0.25, -0.2) is 0 Å². The monoisotopic (exact) mass is 486 g/mol. The summed E-state index contributed by atoms with van der Waals surface area (Å²) in [6.07, 6.45) is 0.526. The van der Waals surface area contributed by atoms with E-state index in [1.54, 1.807) is 20.4 Å². The Kier molecular flexibility index (Phi) is 6.93. The molecule has 186 valence electrons. The van der Waals surface area contributed by atoms with Gasteiger partial charge < -0.3 is 29.4 Å². The summed E-state index contributed by atoms with van der Waals surface area (Å²) >= 11 is 0. The third-order valence-corrected chi connectivity index (χ3v) is 7.20. The lowest BCUT2D eigenvalue weighted by Gasteiger charge is -2.39. The second-order valence-electron chi connectivity index (χ2n) is 9.15. The molecule has 2 atom stereocenters. The molecule has 0 bridgehead atoms. The average molecular weight is 487 g/mol. The number of para-hydroxylation sites is 1. The van der Waals surface area contributed by atoms with Crippen LogP contribution in [0.1, 0.15) is 22.0 Å². The molecular formula is C29H32N3O4+. The summed E-state index contributed by atoms with van der Waals surface area (Å²) in [6, 6.07) is 23.1. The number of ketones is 1. The Labute approximate surface area is 210 Å². The smallest absolute Gasteiger partial charge is 0.199 e. The first-order valence-corrected chi connectivity index (χ1v) is 12.2. The first kappa shape index (κ1) is 23.9. The van der Waals surface area contributed by atoms with Crippen molar-refractivity contribution in [2.45, 2.75) is 12.1 Å². The number of rotatable bonds is 8. The molecule has 7 nitrogen and oxygen atoms in total. The Bertz CT molecular complexity index is 1310. The molecule has 0 amide bonds. The number of aliphatic hydroxyl groups excluding tert-OH is 1. The molecule has 4 aromatic rings. The summed E-state index contributed by atoms with van der Waals surface area (Å²) in [5.74, 6) is 1.31. The van der Waals surface area contributed by atoms with Crippen molar-refractivity contribution in [1.29, 1.82) is 0 Å². The zero-order valence-corrected chi connectivity index (χ0v) is 20.6. The molecule has 1 aromatic heterocycles. The van der Waals surface area contributed by atoms with Crippen LogP contribution in [-0.2, 0) is 0 Å². The van der Waals surface area contributed by atoms with Gasteiger partial charge in [-0.2, -0.15) is 0 Å². The first-order chi connectivity index (χ1) is 17.6. The number of hydrogen-bond donors (Lipinski definition) is 3. The van der Waals surface area contributed by atoms with E-state index in [4.69, 9.17) is 9.47 Å². The molecule has 1 fully saturated rings. The number of methoxy groups -OCH3 is 2. The van der Waals surface area contributed by atoms with E-state index in [1.807, 2.05) is 60.7 Å². The number of aliphatic hydroxyl groups is 1. The van der Waals surface area contributed by atoms with E-state index in [0.29, 0.717) is 5.56 Å². The van der Waals surface area contributed by atoms with Crippen LogP contribution >= 0.6 is 0 Å². The molecule has 1 saturated heterocycles. The van der Waals surface area contributed by atoms with E-state index in [0.717, 1.165) is 59.8 Å². The van der Waals surface area contributed by atoms with Crippen LogP contribution in [0.3, 0.4) is 0 Å². The number of anilines is 1. The molecule has 2 heterocycles. The van der Waals surface area contributed by atoms with Crippen molar-refractivity contribution in [3.63, 3.8) is 0 Å². The van der Waals surface area contributed by atoms with Gasteiger partial charge >= 0.3 is 0 Å². The Morgan fingerprint density at radius 2 is 1.53 bits per heavy atom. The molecule has 3 aromatic carbocycles. The van der Waals surface area contributed by atoms with Gasteiger partial charge in [0.15, 0.2) is 11.9 Å². The number of ether oxygens (including phenoxy) is 2. The number of nitrogens with zero attached hydrogens (tertiary/aromatic N) is 1. The van der Waals surface area contributed by atoms with Gasteiger partial charge in [-0.1, -0.05) is 18.2 Å². The highest BCUT2D eigenvalue weighted by atomic mass is 16.5. The maximum atomic E-state index is 13.6. The van der Waals surface area contributed by atoms with Gasteiger partial charge in [-0.05, 0) is 54.6 Å². The largest absolute Gasteiger partial charge is 0.497 e. The topological polar surface area (TPSA) is 79.2 Å². The number of aromatic nitrogens is 1. The number of H-pyrrole nitrogens is 1. The Morgan fingerprint density at radius 1 is 0.917 bits per heavy atom. The number of carbonyl (C=O) groups is 1. The van der Waals surface area contributed by atoms with E-state index in [-0.39, 0.29) is 5.78 Å². The normalized spacial score (nSPS) is 16.0. The summed E-state index contributed by atoms with van der Waals surface area (Å²) in [4.78, 5) is 20.3. The van der Waals surface area contributed by atoms with Gasteiger partial charge in [-0.3, -0.25) is 4.79 Å². The minimum atomic E-state index is -1.18. The third kappa shape index (κ3) is 4.67. The van der Waals surface area contributed by atoms with Crippen LogP contribution in [0.5, 0.6) is 11.5 Å². The van der Waals surface area contributed by atoms with Gasteiger partial charge in [0, 0.05) is 33.9 Å². The quantitative estimate of drug-likeness (QED) is 0.334. The van der Waals surface area contributed by atoms with Crippen molar-refractivity contribution >= 4 is 22.4 Å². The highest BCUT2D eigenvalue weighted by Gasteiger charge is 2.39. The van der Waals surface area contributed by atoms with E-state index in [1.165, 1.54) is 4.90 Å². The lowest BCUT2D eigenvalue weighted by molar-refractivity contribution is -0.934. The lowest BCUT2D eigenvalue weighted by atomic mass is 9.92. The number of piperazine rings is 1. The number of aromatic amines is 1. The van der Waals surface area contributed by atoms with E-state index in [2.05, 4.69) is 22.0 Å². The number of hydrogen-bond acceptors (Lipinski definition) is 5. The maximum Gasteiger partial charge on any atom is 0.199 e. The van der Waals surface area contributed by atoms with Gasteiger partial charge in [0.05, 0.1) is 40.4 Å². The van der Waals surface area contributed by atoms with E-state index in [9.17, 15) is 9.90 Å². The van der Waals surface area contributed by atoms with Crippen LogP contribution in [0.2, 0.25) is 0 Å². The molecule has 3 N–H and O–H groups in total. The third-order valence-electron chi connectivity index (χ3n) is 7.20. The van der Waals surface area contributed by atoms with E-state index < -0.39 is 12.1 Å². The minimum absolute atomic E-state index is 0.265. The zero-order chi connectivity index (χ0) is 25.1. The van der Waals surface area contributed by atoms with E-state index >= 15 is 0 Å². The van der Waals surface area contributed by atoms with Crippen LogP contribution in [0, 0.1) is 0 Å². The average Bonchev–Trinajstić information content (AvgIpc) is 3.38. The summed E-state index contributed by atoms with van der Waals surface area (Å²) in [7, 11) is 3.30. The van der Waals surface area contributed by atoms with Crippen LogP contribution in [0.25, 0.3) is 10.9 Å². The first-order valence-electron chi connectivity index (χ1n) is 12.2. The molecule has 0 radical (unpaired) electrons. The predicted molar refractivity (Wildman–Crippen MR) is 140 cm³/mol. The fourth-order valence-corrected chi connectivity index (χ4v) is 5.19. The number of Topliss-reactive ketones (excluding diaryl/α,β-unsaturated/α-hetero) is 1. The van der Waals surface area contributed by atoms with Crippen LogP contribution in [-0.4, -0.2) is 62.4 Å². The molecule has 5 rings (SSSR count). The van der Waals surface area contributed by atoms with Crippen LogP contribution in [0.15, 0.2) is 79.0 Å². The zero-order valence-electron chi connectivity index (χ0n) is 20.6. The second-order valence-corrected chi connectivity index (χ2v) is 9.15. The summed E-state index contributed by atoms with van der Waals surface area (Å²) in [5, 5.41) is 12.4. The fraction of sp³-hybridized carbons (Fsp3) is 0.276. The lowest BCUT2D eigenvalue weighted by Crippen LogP contribution is -3.16. The van der Waals surface area contributed by atoms with Crippen molar-refractivity contribution in [3.05, 3.63) is 90.1 Å². The molecule has 0 aliphatic carbocycles. The Balaban J connectivity index is 1.40. The number of fused-ring (bicyclic) bond motifs is 1. The molecule has 0 saturated carbocycles. The Hall–Kier alpha value is -3.81. The van der Waals surface area contributed by atoms with Crippen molar-refractivity contribution < 1.29 is 24.3 Å². The second kappa shape index (κ2) is 10.4. The molecule has 36 heavy (non-hydrogen) atoms. The van der Waals surface area contributed by atoms with Crippen LogP contribution < -0.4 is 19.3 Å². The van der Waals surface area contributed by atoms with Crippen LogP contribution in [0.4, 0.5) is 5.69 Å². The van der Waals surface area contributed by atoms with Crippen molar-refractivity contribution in [1.82, 2.24) is 4.98 Å². The van der Waals surface area contributed by atoms with Gasteiger partial charge in [0.2, 0.25) is 0 Å². The number of carbonyl (C=O) groups excluding carboxylic acids is 1. The van der Waals surface area contributed by atoms with Gasteiger partial charge in [-0.15, -0.1) is 0 Å². The summed E-state index contributed by atoms with van der Waals surface area (Å²) in [5.41, 5.74) is 3.47. The predicted octanol–water partition coefficient (Wildman–Crippen LogP) is 2.88. The molecule has 0 spiro atoms. The maximum absolute atomic E-state index is 13.6. The molecular weight excluding hydrogens is 454 g/mol. The molecule has 1 aliphatic heterocycles. The minimum Gasteiger partial charge on any atom is -0.497 e. The molecule has 0 unspecified atom stereocenters. The van der Waals surface area contributed by atoms with Crippen molar-refractivity contribution in [2.75, 3.05) is 45.3 Å². The summed E-state index contributed by atoms with van der Waals surface area (Å²) in [6.45, 7) is 3.23. The van der Waals surface area contributed by atoms with Crippen molar-refractivity contribution in [3.8, 4) is 11.5 Å².